The number of ether oxygens (including phenoxy) is 1. The van der Waals surface area contributed by atoms with Gasteiger partial charge in [0, 0.05) is 17.8 Å². The highest BCUT2D eigenvalue weighted by molar-refractivity contribution is 5.47. The Morgan fingerprint density at radius 1 is 1.31 bits per heavy atom. The first-order valence-electron chi connectivity index (χ1n) is 6.03. The molecule has 1 aromatic carbocycles. The molecule has 1 aliphatic rings. The Kier molecular flexibility index (Phi) is 3.67. The van der Waals surface area contributed by atoms with Crippen LogP contribution in [0.3, 0.4) is 0 Å². The summed E-state index contributed by atoms with van der Waals surface area (Å²) in [5.74, 6) is 0.927. The minimum atomic E-state index is 0.375. The van der Waals surface area contributed by atoms with Crippen LogP contribution in [0.5, 0.6) is 5.75 Å². The van der Waals surface area contributed by atoms with Crippen LogP contribution >= 0.6 is 0 Å². The zero-order valence-corrected chi connectivity index (χ0v) is 9.78. The molecule has 2 unspecified atom stereocenters. The monoisotopic (exact) mass is 220 g/mol. The molecular formula is C13H20N2O. The summed E-state index contributed by atoms with van der Waals surface area (Å²) in [6.07, 6.45) is 3.39. The molecule has 2 rings (SSSR count). The molecule has 3 N–H and O–H groups in total. The Morgan fingerprint density at radius 2 is 2.06 bits per heavy atom. The quantitative estimate of drug-likeness (QED) is 0.819. The van der Waals surface area contributed by atoms with E-state index in [0.29, 0.717) is 18.7 Å². The Labute approximate surface area is 97.0 Å². The first kappa shape index (κ1) is 11.3. The number of nitrogens with two attached hydrogens (primary N) is 1. The maximum Gasteiger partial charge on any atom is 0.119 e. The van der Waals surface area contributed by atoms with Crippen LogP contribution in [0.15, 0.2) is 24.3 Å². The van der Waals surface area contributed by atoms with E-state index in [-0.39, 0.29) is 0 Å². The molecule has 0 saturated heterocycles. The minimum absolute atomic E-state index is 0.375. The fourth-order valence-electron chi connectivity index (χ4n) is 2.20. The second-order valence-corrected chi connectivity index (χ2v) is 4.37. The molecule has 2 atom stereocenters. The van der Waals surface area contributed by atoms with E-state index in [1.165, 1.54) is 6.42 Å². The summed E-state index contributed by atoms with van der Waals surface area (Å²) in [6.45, 7) is 2.70. The van der Waals surface area contributed by atoms with Crippen LogP contribution in [-0.4, -0.2) is 18.7 Å². The predicted octanol–water partition coefficient (Wildman–Crippen LogP) is 2.38. The number of nitrogens with one attached hydrogen (secondary N) is 1. The molecule has 0 amide bonds. The van der Waals surface area contributed by atoms with Crippen LogP contribution in [0.1, 0.15) is 26.2 Å². The number of anilines is 1. The predicted molar refractivity (Wildman–Crippen MR) is 66.8 cm³/mol. The van der Waals surface area contributed by atoms with Gasteiger partial charge in [-0.15, -0.1) is 0 Å². The molecule has 3 heteroatoms. The van der Waals surface area contributed by atoms with Crippen LogP contribution in [0.2, 0.25) is 0 Å². The van der Waals surface area contributed by atoms with Gasteiger partial charge in [0.25, 0.3) is 0 Å². The van der Waals surface area contributed by atoms with Crippen LogP contribution in [0, 0.1) is 0 Å². The topological polar surface area (TPSA) is 47.3 Å². The van der Waals surface area contributed by atoms with Crippen molar-refractivity contribution < 1.29 is 4.74 Å². The van der Waals surface area contributed by atoms with Crippen LogP contribution < -0.4 is 15.8 Å². The molecule has 1 saturated carbocycles. The summed E-state index contributed by atoms with van der Waals surface area (Å²) < 4.78 is 5.40. The van der Waals surface area contributed by atoms with Gasteiger partial charge in [0.1, 0.15) is 5.75 Å². The maximum atomic E-state index is 5.88. The van der Waals surface area contributed by atoms with Gasteiger partial charge < -0.3 is 15.8 Å². The van der Waals surface area contributed by atoms with E-state index < -0.39 is 0 Å². The third-order valence-corrected chi connectivity index (χ3v) is 3.01. The van der Waals surface area contributed by atoms with Crippen molar-refractivity contribution in [3.05, 3.63) is 24.3 Å². The first-order valence-corrected chi connectivity index (χ1v) is 6.03. The highest BCUT2D eigenvalue weighted by Crippen LogP contribution is 2.23. The molecule has 88 valence electrons. The van der Waals surface area contributed by atoms with Crippen LogP contribution in [0.4, 0.5) is 5.69 Å². The van der Waals surface area contributed by atoms with Gasteiger partial charge in [0.05, 0.1) is 6.61 Å². The molecule has 16 heavy (non-hydrogen) atoms. The van der Waals surface area contributed by atoms with Crippen LogP contribution in [0.25, 0.3) is 0 Å². The fraction of sp³-hybridized carbons (Fsp3) is 0.538. The van der Waals surface area contributed by atoms with Gasteiger partial charge in [-0.3, -0.25) is 0 Å². The van der Waals surface area contributed by atoms with E-state index in [0.717, 1.165) is 24.3 Å². The highest BCUT2D eigenvalue weighted by Gasteiger charge is 2.21. The van der Waals surface area contributed by atoms with E-state index in [1.54, 1.807) is 0 Å². The molecule has 3 nitrogen and oxygen atoms in total. The average molecular weight is 220 g/mol. The van der Waals surface area contributed by atoms with Crippen molar-refractivity contribution in [2.75, 3.05) is 11.9 Å². The van der Waals surface area contributed by atoms with Gasteiger partial charge in [-0.25, -0.2) is 0 Å². The summed E-state index contributed by atoms with van der Waals surface area (Å²) in [5, 5.41) is 3.51. The molecule has 0 bridgehead atoms. The number of rotatable bonds is 4. The second kappa shape index (κ2) is 5.21. The molecule has 1 aliphatic carbocycles. The third kappa shape index (κ3) is 2.89. The summed E-state index contributed by atoms with van der Waals surface area (Å²) in [6, 6.07) is 9.04. The SMILES string of the molecule is CCOc1ccc(NC2CCC(N)C2)cc1. The molecule has 0 aliphatic heterocycles. The van der Waals surface area contributed by atoms with Gasteiger partial charge in [0.15, 0.2) is 0 Å². The molecule has 0 radical (unpaired) electrons. The van der Waals surface area contributed by atoms with Crippen molar-refractivity contribution in [3.8, 4) is 5.75 Å². The molecule has 1 fully saturated rings. The van der Waals surface area contributed by atoms with Gasteiger partial charge in [0.2, 0.25) is 0 Å². The van der Waals surface area contributed by atoms with Gasteiger partial charge in [-0.2, -0.15) is 0 Å². The maximum absolute atomic E-state index is 5.88. The van der Waals surface area contributed by atoms with Gasteiger partial charge in [-0.05, 0) is 50.5 Å². The number of benzene rings is 1. The van der Waals surface area contributed by atoms with Crippen molar-refractivity contribution in [2.45, 2.75) is 38.3 Å². The van der Waals surface area contributed by atoms with Crippen molar-refractivity contribution in [1.82, 2.24) is 0 Å². The zero-order chi connectivity index (χ0) is 11.4. The fourth-order valence-corrected chi connectivity index (χ4v) is 2.20. The summed E-state index contributed by atoms with van der Waals surface area (Å²) in [5.41, 5.74) is 7.04. The molecule has 0 heterocycles. The van der Waals surface area contributed by atoms with E-state index >= 15 is 0 Å². The molecular weight excluding hydrogens is 200 g/mol. The Morgan fingerprint density at radius 3 is 2.62 bits per heavy atom. The number of hydrogen-bond donors (Lipinski definition) is 2. The van der Waals surface area contributed by atoms with E-state index in [4.69, 9.17) is 10.5 Å². The van der Waals surface area contributed by atoms with Crippen molar-refractivity contribution in [3.63, 3.8) is 0 Å². The zero-order valence-electron chi connectivity index (χ0n) is 9.78. The van der Waals surface area contributed by atoms with Crippen LogP contribution in [-0.2, 0) is 0 Å². The lowest BCUT2D eigenvalue weighted by molar-refractivity contribution is 0.340. The molecule has 1 aromatic rings. The lowest BCUT2D eigenvalue weighted by atomic mass is 10.2. The Balaban J connectivity index is 1.89. The largest absolute Gasteiger partial charge is 0.494 e. The third-order valence-electron chi connectivity index (χ3n) is 3.01. The summed E-state index contributed by atoms with van der Waals surface area (Å²) in [7, 11) is 0. The summed E-state index contributed by atoms with van der Waals surface area (Å²) >= 11 is 0. The average Bonchev–Trinajstić information content (AvgIpc) is 2.67. The minimum Gasteiger partial charge on any atom is -0.494 e. The van der Waals surface area contributed by atoms with Gasteiger partial charge >= 0.3 is 0 Å². The normalized spacial score (nSPS) is 24.4. The van der Waals surface area contributed by atoms with Crippen molar-refractivity contribution in [2.24, 2.45) is 5.73 Å². The number of hydrogen-bond acceptors (Lipinski definition) is 3. The molecule has 0 spiro atoms. The van der Waals surface area contributed by atoms with E-state index in [9.17, 15) is 0 Å². The molecule has 0 aromatic heterocycles. The standard InChI is InChI=1S/C13H20N2O/c1-2-16-13-7-5-11(6-8-13)15-12-4-3-10(14)9-12/h5-8,10,12,15H,2-4,9,14H2,1H3. The van der Waals surface area contributed by atoms with E-state index in [1.807, 2.05) is 19.1 Å². The lowest BCUT2D eigenvalue weighted by Crippen LogP contribution is -2.20. The Hall–Kier alpha value is -1.22. The van der Waals surface area contributed by atoms with Crippen molar-refractivity contribution >= 4 is 5.69 Å². The Bertz CT molecular complexity index is 323. The van der Waals surface area contributed by atoms with E-state index in [2.05, 4.69) is 17.4 Å². The van der Waals surface area contributed by atoms with Crippen molar-refractivity contribution in [1.29, 1.82) is 0 Å². The lowest BCUT2D eigenvalue weighted by Gasteiger charge is -2.14. The highest BCUT2D eigenvalue weighted by atomic mass is 16.5. The second-order valence-electron chi connectivity index (χ2n) is 4.37. The summed E-state index contributed by atoms with van der Waals surface area (Å²) in [4.78, 5) is 0. The van der Waals surface area contributed by atoms with Gasteiger partial charge in [-0.1, -0.05) is 0 Å². The smallest absolute Gasteiger partial charge is 0.119 e. The first-order chi connectivity index (χ1) is 7.78.